The zero-order valence-electron chi connectivity index (χ0n) is 9.99. The molecule has 1 aliphatic rings. The molecule has 1 fully saturated rings. The number of aromatic amines is 1. The van der Waals surface area contributed by atoms with Crippen LogP contribution in [-0.2, 0) is 11.3 Å². The SMILES string of the molecule is c1ccc(CN2CCO[C@H](c3nn[nH]n3)C2)cc1. The van der Waals surface area contributed by atoms with E-state index < -0.39 is 0 Å². The molecule has 1 atom stereocenters. The van der Waals surface area contributed by atoms with E-state index in [-0.39, 0.29) is 6.10 Å². The molecule has 6 heteroatoms. The number of morpholine rings is 1. The fourth-order valence-corrected chi connectivity index (χ4v) is 2.15. The number of hydrogen-bond donors (Lipinski definition) is 1. The molecule has 6 nitrogen and oxygen atoms in total. The van der Waals surface area contributed by atoms with Gasteiger partial charge in [-0.25, -0.2) is 0 Å². The van der Waals surface area contributed by atoms with E-state index >= 15 is 0 Å². The lowest BCUT2D eigenvalue weighted by molar-refractivity contribution is -0.0372. The van der Waals surface area contributed by atoms with Crippen molar-refractivity contribution in [2.45, 2.75) is 12.6 Å². The highest BCUT2D eigenvalue weighted by molar-refractivity contribution is 5.14. The first-order valence-corrected chi connectivity index (χ1v) is 6.03. The minimum atomic E-state index is -0.0822. The van der Waals surface area contributed by atoms with Crippen LogP contribution in [0.1, 0.15) is 17.5 Å². The zero-order valence-corrected chi connectivity index (χ0v) is 9.99. The van der Waals surface area contributed by atoms with Crippen LogP contribution in [0, 0.1) is 0 Å². The Morgan fingerprint density at radius 2 is 2.22 bits per heavy atom. The lowest BCUT2D eigenvalue weighted by Gasteiger charge is -2.31. The maximum absolute atomic E-state index is 5.66. The average Bonchev–Trinajstić information content (AvgIpc) is 2.94. The van der Waals surface area contributed by atoms with Crippen LogP contribution < -0.4 is 0 Å². The van der Waals surface area contributed by atoms with Gasteiger partial charge < -0.3 is 4.74 Å². The van der Waals surface area contributed by atoms with Gasteiger partial charge >= 0.3 is 0 Å². The van der Waals surface area contributed by atoms with Crippen molar-refractivity contribution < 1.29 is 4.74 Å². The number of aromatic nitrogens is 4. The van der Waals surface area contributed by atoms with E-state index in [0.29, 0.717) is 12.4 Å². The van der Waals surface area contributed by atoms with Gasteiger partial charge in [0.2, 0.25) is 5.82 Å². The minimum absolute atomic E-state index is 0.0822. The van der Waals surface area contributed by atoms with Gasteiger partial charge in [-0.1, -0.05) is 35.5 Å². The molecule has 0 radical (unpaired) electrons. The minimum Gasteiger partial charge on any atom is -0.367 e. The Balaban J connectivity index is 1.64. The second kappa shape index (κ2) is 5.24. The van der Waals surface area contributed by atoms with E-state index in [0.717, 1.165) is 19.6 Å². The molecule has 18 heavy (non-hydrogen) atoms. The molecule has 0 spiro atoms. The first kappa shape index (κ1) is 11.3. The van der Waals surface area contributed by atoms with Crippen molar-refractivity contribution >= 4 is 0 Å². The Morgan fingerprint density at radius 3 is 3.00 bits per heavy atom. The summed E-state index contributed by atoms with van der Waals surface area (Å²) in [7, 11) is 0. The van der Waals surface area contributed by atoms with Crippen LogP contribution in [-0.4, -0.2) is 45.2 Å². The lowest BCUT2D eigenvalue weighted by Crippen LogP contribution is -2.38. The summed E-state index contributed by atoms with van der Waals surface area (Å²) in [5.41, 5.74) is 1.31. The number of tetrazole rings is 1. The Hall–Kier alpha value is -1.79. The van der Waals surface area contributed by atoms with Crippen molar-refractivity contribution in [3.63, 3.8) is 0 Å². The van der Waals surface area contributed by atoms with E-state index in [2.05, 4.69) is 49.8 Å². The van der Waals surface area contributed by atoms with Crippen molar-refractivity contribution in [3.8, 4) is 0 Å². The van der Waals surface area contributed by atoms with Crippen LogP contribution in [0.2, 0.25) is 0 Å². The van der Waals surface area contributed by atoms with Gasteiger partial charge in [0.05, 0.1) is 6.61 Å². The van der Waals surface area contributed by atoms with E-state index in [4.69, 9.17) is 4.74 Å². The first-order valence-electron chi connectivity index (χ1n) is 6.03. The second-order valence-electron chi connectivity index (χ2n) is 4.35. The molecule has 1 aromatic heterocycles. The summed E-state index contributed by atoms with van der Waals surface area (Å²) >= 11 is 0. The number of nitrogens with one attached hydrogen (secondary N) is 1. The van der Waals surface area contributed by atoms with Crippen molar-refractivity contribution in [1.29, 1.82) is 0 Å². The second-order valence-corrected chi connectivity index (χ2v) is 4.35. The third-order valence-electron chi connectivity index (χ3n) is 3.05. The van der Waals surface area contributed by atoms with Gasteiger partial charge in [0.15, 0.2) is 0 Å². The number of ether oxygens (including phenoxy) is 1. The molecule has 0 unspecified atom stereocenters. The molecule has 1 aromatic carbocycles. The van der Waals surface area contributed by atoms with Crippen LogP contribution in [0.5, 0.6) is 0 Å². The topological polar surface area (TPSA) is 66.9 Å². The summed E-state index contributed by atoms with van der Waals surface area (Å²) < 4.78 is 5.66. The summed E-state index contributed by atoms with van der Waals surface area (Å²) in [6.45, 7) is 3.36. The maximum Gasteiger partial charge on any atom is 0.204 e. The van der Waals surface area contributed by atoms with Crippen LogP contribution in [0.25, 0.3) is 0 Å². The summed E-state index contributed by atoms with van der Waals surface area (Å²) in [6, 6.07) is 10.4. The van der Waals surface area contributed by atoms with Crippen LogP contribution in [0.15, 0.2) is 30.3 Å². The van der Waals surface area contributed by atoms with Crippen molar-refractivity contribution in [1.82, 2.24) is 25.5 Å². The largest absolute Gasteiger partial charge is 0.367 e. The van der Waals surface area contributed by atoms with Crippen molar-refractivity contribution in [2.24, 2.45) is 0 Å². The molecule has 3 rings (SSSR count). The fourth-order valence-electron chi connectivity index (χ4n) is 2.15. The lowest BCUT2D eigenvalue weighted by atomic mass is 10.2. The molecule has 94 valence electrons. The zero-order chi connectivity index (χ0) is 12.2. The third-order valence-corrected chi connectivity index (χ3v) is 3.05. The molecule has 1 N–H and O–H groups in total. The number of rotatable bonds is 3. The van der Waals surface area contributed by atoms with Gasteiger partial charge in [-0.15, -0.1) is 10.2 Å². The van der Waals surface area contributed by atoms with Gasteiger partial charge in [0.25, 0.3) is 0 Å². The standard InChI is InChI=1S/C12H15N5O/c1-2-4-10(5-3-1)8-17-6-7-18-11(9-17)12-13-15-16-14-12/h1-5,11H,6-9H2,(H,13,14,15,16)/t11-/m0/s1. The Bertz CT molecular complexity index is 472. The fraction of sp³-hybridized carbons (Fsp3) is 0.417. The monoisotopic (exact) mass is 245 g/mol. The number of benzene rings is 1. The quantitative estimate of drug-likeness (QED) is 0.865. The highest BCUT2D eigenvalue weighted by Crippen LogP contribution is 2.19. The Kier molecular flexibility index (Phi) is 3.29. The normalized spacial score (nSPS) is 21.0. The van der Waals surface area contributed by atoms with E-state index in [1.807, 2.05) is 6.07 Å². The molecular weight excluding hydrogens is 230 g/mol. The summed E-state index contributed by atoms with van der Waals surface area (Å²) in [5.74, 6) is 0.632. The van der Waals surface area contributed by atoms with Gasteiger partial charge in [-0.3, -0.25) is 4.90 Å². The summed E-state index contributed by atoms with van der Waals surface area (Å²) in [6.07, 6.45) is -0.0822. The molecule has 0 aliphatic carbocycles. The summed E-state index contributed by atoms with van der Waals surface area (Å²) in [4.78, 5) is 2.35. The number of nitrogens with zero attached hydrogens (tertiary/aromatic N) is 4. The van der Waals surface area contributed by atoms with Gasteiger partial charge in [-0.05, 0) is 5.56 Å². The smallest absolute Gasteiger partial charge is 0.204 e. The van der Waals surface area contributed by atoms with Crippen LogP contribution in [0.3, 0.4) is 0 Å². The van der Waals surface area contributed by atoms with Gasteiger partial charge in [-0.2, -0.15) is 5.21 Å². The Morgan fingerprint density at radius 1 is 1.33 bits per heavy atom. The molecule has 1 saturated heterocycles. The van der Waals surface area contributed by atoms with Crippen molar-refractivity contribution in [2.75, 3.05) is 19.7 Å². The third kappa shape index (κ3) is 2.55. The predicted octanol–water partition coefficient (Wildman–Crippen LogP) is 0.773. The van der Waals surface area contributed by atoms with E-state index in [1.165, 1.54) is 5.56 Å². The Labute approximate surface area is 105 Å². The van der Waals surface area contributed by atoms with E-state index in [1.54, 1.807) is 0 Å². The molecule has 2 heterocycles. The molecule has 0 amide bonds. The average molecular weight is 245 g/mol. The number of H-pyrrole nitrogens is 1. The maximum atomic E-state index is 5.66. The first-order chi connectivity index (χ1) is 8.92. The van der Waals surface area contributed by atoms with Gasteiger partial charge in [0.1, 0.15) is 6.10 Å². The molecule has 1 aliphatic heterocycles. The molecule has 0 saturated carbocycles. The highest BCUT2D eigenvalue weighted by atomic mass is 16.5. The molecule has 2 aromatic rings. The van der Waals surface area contributed by atoms with Crippen LogP contribution >= 0.6 is 0 Å². The molecular formula is C12H15N5O. The van der Waals surface area contributed by atoms with Gasteiger partial charge in [0, 0.05) is 19.6 Å². The summed E-state index contributed by atoms with van der Waals surface area (Å²) in [5, 5.41) is 14.0. The number of hydrogen-bond acceptors (Lipinski definition) is 5. The molecule has 0 bridgehead atoms. The van der Waals surface area contributed by atoms with E-state index in [9.17, 15) is 0 Å². The predicted molar refractivity (Wildman–Crippen MR) is 64.6 cm³/mol. The van der Waals surface area contributed by atoms with Crippen LogP contribution in [0.4, 0.5) is 0 Å². The van der Waals surface area contributed by atoms with Crippen molar-refractivity contribution in [3.05, 3.63) is 41.7 Å². The highest BCUT2D eigenvalue weighted by Gasteiger charge is 2.24.